The number of rotatable bonds is 6. The number of aryl methyl sites for hydroxylation is 1. The summed E-state index contributed by atoms with van der Waals surface area (Å²) in [5.41, 5.74) is 0.375. The van der Waals surface area contributed by atoms with Crippen molar-refractivity contribution in [2.45, 2.75) is 31.8 Å². The highest BCUT2D eigenvalue weighted by Crippen LogP contribution is 2.34. The molecule has 156 valence electrons. The maximum Gasteiger partial charge on any atom is 0.308 e. The number of likely N-dealkylation sites (tertiary alicyclic amines) is 1. The van der Waals surface area contributed by atoms with Crippen LogP contribution in [0.4, 0.5) is 0 Å². The van der Waals surface area contributed by atoms with Gasteiger partial charge in [0.1, 0.15) is 0 Å². The number of amides is 1. The van der Waals surface area contributed by atoms with Gasteiger partial charge in [0.2, 0.25) is 0 Å². The molecule has 0 N–H and O–H groups in total. The number of benzene rings is 1. The van der Waals surface area contributed by atoms with Gasteiger partial charge in [-0.25, -0.2) is 4.98 Å². The summed E-state index contributed by atoms with van der Waals surface area (Å²) < 4.78 is 7.34. The van der Waals surface area contributed by atoms with Crippen LogP contribution in [0.2, 0.25) is 0 Å². The molecule has 7 nitrogen and oxygen atoms in total. The van der Waals surface area contributed by atoms with E-state index in [1.54, 1.807) is 28.4 Å². The SMILES string of the molecule is O=C(CCn1cnc2ccc(Br)cc2c1=O)OCC(=O)N1CCCC1c1cccs1. The van der Waals surface area contributed by atoms with Crippen molar-refractivity contribution >= 4 is 50.0 Å². The number of esters is 1. The summed E-state index contributed by atoms with van der Waals surface area (Å²) in [7, 11) is 0. The van der Waals surface area contributed by atoms with Gasteiger partial charge in [0.25, 0.3) is 11.5 Å². The summed E-state index contributed by atoms with van der Waals surface area (Å²) in [5, 5.41) is 2.47. The Morgan fingerprint density at radius 2 is 2.17 bits per heavy atom. The van der Waals surface area contributed by atoms with Crippen molar-refractivity contribution < 1.29 is 14.3 Å². The maximum absolute atomic E-state index is 12.6. The van der Waals surface area contributed by atoms with Crippen LogP contribution in [0.15, 0.2) is 51.3 Å². The standard InChI is InChI=1S/C21H20BrN3O4S/c22-14-5-6-16-15(11-14)21(28)24(13-23-16)9-7-20(27)29-12-19(26)25-8-1-3-17(25)18-4-2-10-30-18/h2,4-6,10-11,13,17H,1,3,7-9,12H2. The molecule has 1 saturated heterocycles. The summed E-state index contributed by atoms with van der Waals surface area (Å²) in [6.07, 6.45) is 3.28. The van der Waals surface area contributed by atoms with E-state index >= 15 is 0 Å². The second kappa shape index (κ2) is 9.09. The molecule has 0 bridgehead atoms. The van der Waals surface area contributed by atoms with E-state index < -0.39 is 5.97 Å². The Kier molecular flexibility index (Phi) is 6.29. The molecule has 3 heterocycles. The summed E-state index contributed by atoms with van der Waals surface area (Å²) in [6, 6.07) is 9.35. The highest BCUT2D eigenvalue weighted by molar-refractivity contribution is 9.10. The van der Waals surface area contributed by atoms with E-state index in [0.717, 1.165) is 22.2 Å². The molecule has 0 aliphatic carbocycles. The Morgan fingerprint density at radius 1 is 1.30 bits per heavy atom. The molecule has 1 fully saturated rings. The molecule has 30 heavy (non-hydrogen) atoms. The summed E-state index contributed by atoms with van der Waals surface area (Å²) >= 11 is 4.98. The van der Waals surface area contributed by atoms with Crippen molar-refractivity contribution in [3.63, 3.8) is 0 Å². The van der Waals surface area contributed by atoms with Crippen molar-refractivity contribution in [3.05, 3.63) is 61.7 Å². The molecule has 2 aromatic heterocycles. The number of fused-ring (bicyclic) bond motifs is 1. The molecule has 1 aliphatic heterocycles. The third-order valence-electron chi connectivity index (χ3n) is 5.14. The average molecular weight is 490 g/mol. The van der Waals surface area contributed by atoms with Crippen LogP contribution in [-0.4, -0.2) is 39.5 Å². The van der Waals surface area contributed by atoms with Crippen LogP contribution < -0.4 is 5.56 Å². The summed E-state index contributed by atoms with van der Waals surface area (Å²) in [5.74, 6) is -0.704. The van der Waals surface area contributed by atoms with Crippen molar-refractivity contribution in [1.29, 1.82) is 0 Å². The number of halogens is 1. The van der Waals surface area contributed by atoms with Crippen LogP contribution in [0.25, 0.3) is 10.9 Å². The van der Waals surface area contributed by atoms with Crippen LogP contribution >= 0.6 is 27.3 Å². The Balaban J connectivity index is 1.32. The first kappa shape index (κ1) is 20.7. The molecule has 0 radical (unpaired) electrons. The lowest BCUT2D eigenvalue weighted by atomic mass is 10.2. The second-order valence-electron chi connectivity index (χ2n) is 7.08. The number of aromatic nitrogens is 2. The molecule has 0 saturated carbocycles. The van der Waals surface area contributed by atoms with Gasteiger partial charge in [0.15, 0.2) is 6.61 Å². The monoisotopic (exact) mass is 489 g/mol. The summed E-state index contributed by atoms with van der Waals surface area (Å²) in [4.78, 5) is 44.5. The zero-order valence-corrected chi connectivity index (χ0v) is 18.5. The van der Waals surface area contributed by atoms with Crippen LogP contribution in [0.5, 0.6) is 0 Å². The lowest BCUT2D eigenvalue weighted by Gasteiger charge is -2.23. The fourth-order valence-corrected chi connectivity index (χ4v) is 4.88. The number of thiophene rings is 1. The number of ether oxygens (including phenoxy) is 1. The third-order valence-corrected chi connectivity index (χ3v) is 6.61. The summed E-state index contributed by atoms with van der Waals surface area (Å²) in [6.45, 7) is 0.536. The number of nitrogens with zero attached hydrogens (tertiary/aromatic N) is 3. The lowest BCUT2D eigenvalue weighted by Crippen LogP contribution is -2.34. The van der Waals surface area contributed by atoms with Gasteiger partial charge in [-0.05, 0) is 42.5 Å². The molecular formula is C21H20BrN3O4S. The first-order valence-corrected chi connectivity index (χ1v) is 11.3. The highest BCUT2D eigenvalue weighted by Gasteiger charge is 2.30. The zero-order chi connectivity index (χ0) is 21.1. The van der Waals surface area contributed by atoms with Crippen molar-refractivity contribution in [2.75, 3.05) is 13.2 Å². The predicted octanol–water partition coefficient (Wildman–Crippen LogP) is 3.52. The Hall–Kier alpha value is -2.52. The minimum Gasteiger partial charge on any atom is -0.456 e. The van der Waals surface area contributed by atoms with Crippen molar-refractivity contribution in [2.24, 2.45) is 0 Å². The normalized spacial score (nSPS) is 16.2. The lowest BCUT2D eigenvalue weighted by molar-refractivity contribution is -0.152. The van der Waals surface area contributed by atoms with Gasteiger partial charge in [-0.15, -0.1) is 11.3 Å². The van der Waals surface area contributed by atoms with Gasteiger partial charge in [0, 0.05) is 22.4 Å². The molecule has 3 aromatic rings. The molecule has 1 aliphatic rings. The minimum atomic E-state index is -0.517. The molecule has 0 spiro atoms. The number of hydrogen-bond acceptors (Lipinski definition) is 6. The maximum atomic E-state index is 12.6. The van der Waals surface area contributed by atoms with Crippen molar-refractivity contribution in [3.8, 4) is 0 Å². The quantitative estimate of drug-likeness (QED) is 0.494. The molecule has 4 rings (SSSR count). The molecule has 1 amide bonds. The van der Waals surface area contributed by atoms with Gasteiger partial charge in [0.05, 0.1) is 29.7 Å². The van der Waals surface area contributed by atoms with E-state index in [4.69, 9.17) is 4.74 Å². The van der Waals surface area contributed by atoms with Gasteiger partial charge in [-0.1, -0.05) is 22.0 Å². The van der Waals surface area contributed by atoms with E-state index in [0.29, 0.717) is 17.4 Å². The number of hydrogen-bond donors (Lipinski definition) is 0. The fourth-order valence-electron chi connectivity index (χ4n) is 3.64. The number of carbonyl (C=O) groups is 2. The third kappa shape index (κ3) is 4.46. The van der Waals surface area contributed by atoms with E-state index in [-0.39, 0.29) is 37.1 Å². The van der Waals surface area contributed by atoms with E-state index in [1.165, 1.54) is 10.9 Å². The van der Waals surface area contributed by atoms with Gasteiger partial charge in [-0.3, -0.25) is 19.0 Å². The van der Waals surface area contributed by atoms with Gasteiger partial charge in [-0.2, -0.15) is 0 Å². The van der Waals surface area contributed by atoms with Crippen LogP contribution in [0, 0.1) is 0 Å². The van der Waals surface area contributed by atoms with Crippen LogP contribution in [0.1, 0.15) is 30.2 Å². The molecule has 1 atom stereocenters. The molecule has 1 aromatic carbocycles. The van der Waals surface area contributed by atoms with Gasteiger partial charge < -0.3 is 9.64 Å². The van der Waals surface area contributed by atoms with Gasteiger partial charge >= 0.3 is 5.97 Å². The van der Waals surface area contributed by atoms with Crippen molar-refractivity contribution in [1.82, 2.24) is 14.5 Å². The Labute approximate surface area is 185 Å². The first-order valence-electron chi connectivity index (χ1n) is 9.66. The predicted molar refractivity (Wildman–Crippen MR) is 117 cm³/mol. The second-order valence-corrected chi connectivity index (χ2v) is 8.97. The Bertz CT molecular complexity index is 1130. The first-order chi connectivity index (χ1) is 14.5. The minimum absolute atomic E-state index is 0.0112. The van der Waals surface area contributed by atoms with E-state index in [9.17, 15) is 14.4 Å². The molecule has 1 unspecified atom stereocenters. The largest absolute Gasteiger partial charge is 0.456 e. The molecule has 9 heteroatoms. The smallest absolute Gasteiger partial charge is 0.308 e. The Morgan fingerprint density at radius 3 is 2.97 bits per heavy atom. The van der Waals surface area contributed by atoms with E-state index in [1.807, 2.05) is 23.6 Å². The van der Waals surface area contributed by atoms with Crippen LogP contribution in [0.3, 0.4) is 0 Å². The average Bonchev–Trinajstić information content (AvgIpc) is 3.43. The van der Waals surface area contributed by atoms with E-state index in [2.05, 4.69) is 20.9 Å². The highest BCUT2D eigenvalue weighted by atomic mass is 79.9. The number of carbonyl (C=O) groups excluding carboxylic acids is 2. The topological polar surface area (TPSA) is 81.5 Å². The molecular weight excluding hydrogens is 470 g/mol. The fraction of sp³-hybridized carbons (Fsp3) is 0.333. The van der Waals surface area contributed by atoms with Crippen LogP contribution in [-0.2, 0) is 20.9 Å². The zero-order valence-electron chi connectivity index (χ0n) is 16.1.